The van der Waals surface area contributed by atoms with Gasteiger partial charge >= 0.3 is 0 Å². The minimum atomic E-state index is -0.624. The number of piperidine rings is 1. The largest absolute Gasteiger partial charge is 0.380 e. The van der Waals surface area contributed by atoms with E-state index in [0.717, 1.165) is 6.07 Å². The lowest BCUT2D eigenvalue weighted by Gasteiger charge is -2.34. The Labute approximate surface area is 138 Å². The Balaban J connectivity index is 1.67. The summed E-state index contributed by atoms with van der Waals surface area (Å²) in [5, 5.41) is 14.3. The van der Waals surface area contributed by atoms with Gasteiger partial charge in [-0.1, -0.05) is 12.1 Å². The standard InChI is InChI=1S/C17H17F2N3O2/c18-12-5-6-16(17(11-12)22(23)24)21-9-7-13(8-10-21)20-15-4-2-1-3-14(15)19/h1-6,11,13,20H,7-10H2. The summed E-state index contributed by atoms with van der Waals surface area (Å²) in [4.78, 5) is 12.4. The van der Waals surface area contributed by atoms with Crippen LogP contribution in [0.1, 0.15) is 12.8 Å². The number of halogens is 2. The van der Waals surface area contributed by atoms with Crippen molar-refractivity contribution in [1.29, 1.82) is 0 Å². The number of nitrogens with one attached hydrogen (secondary N) is 1. The van der Waals surface area contributed by atoms with Crippen LogP contribution in [0.15, 0.2) is 42.5 Å². The third-order valence-electron chi connectivity index (χ3n) is 4.20. The fourth-order valence-electron chi connectivity index (χ4n) is 2.97. The Morgan fingerprint density at radius 3 is 2.50 bits per heavy atom. The van der Waals surface area contributed by atoms with E-state index in [9.17, 15) is 18.9 Å². The van der Waals surface area contributed by atoms with Gasteiger partial charge in [0.1, 0.15) is 17.3 Å². The van der Waals surface area contributed by atoms with Crippen LogP contribution in [0.2, 0.25) is 0 Å². The van der Waals surface area contributed by atoms with Crippen molar-refractivity contribution in [3.63, 3.8) is 0 Å². The molecule has 1 fully saturated rings. The number of para-hydroxylation sites is 1. The highest BCUT2D eigenvalue weighted by atomic mass is 19.1. The Morgan fingerprint density at radius 1 is 1.12 bits per heavy atom. The molecule has 0 aromatic heterocycles. The number of hydrogen-bond acceptors (Lipinski definition) is 4. The highest BCUT2D eigenvalue weighted by Gasteiger charge is 2.25. The lowest BCUT2D eigenvalue weighted by molar-refractivity contribution is -0.384. The highest BCUT2D eigenvalue weighted by Crippen LogP contribution is 2.31. The highest BCUT2D eigenvalue weighted by molar-refractivity contribution is 5.63. The molecule has 1 N–H and O–H groups in total. The average molecular weight is 333 g/mol. The van der Waals surface area contributed by atoms with E-state index in [4.69, 9.17) is 0 Å². The van der Waals surface area contributed by atoms with Gasteiger partial charge < -0.3 is 10.2 Å². The van der Waals surface area contributed by atoms with Gasteiger partial charge in [-0.2, -0.15) is 0 Å². The molecule has 0 atom stereocenters. The molecule has 0 saturated carbocycles. The van der Waals surface area contributed by atoms with E-state index in [0.29, 0.717) is 37.3 Å². The van der Waals surface area contributed by atoms with Crippen LogP contribution in [0.4, 0.5) is 25.8 Å². The zero-order chi connectivity index (χ0) is 17.1. The average Bonchev–Trinajstić information content (AvgIpc) is 2.58. The number of anilines is 2. The summed E-state index contributed by atoms with van der Waals surface area (Å²) in [6, 6.07) is 10.2. The first-order valence-corrected chi connectivity index (χ1v) is 7.74. The van der Waals surface area contributed by atoms with Crippen LogP contribution in [0, 0.1) is 21.7 Å². The van der Waals surface area contributed by atoms with Gasteiger partial charge in [0.15, 0.2) is 0 Å². The molecule has 2 aromatic carbocycles. The van der Waals surface area contributed by atoms with Crippen molar-refractivity contribution in [3.8, 4) is 0 Å². The van der Waals surface area contributed by atoms with Gasteiger partial charge in [-0.05, 0) is 37.1 Å². The molecule has 0 bridgehead atoms. The van der Waals surface area contributed by atoms with Crippen molar-refractivity contribution in [1.82, 2.24) is 0 Å². The molecule has 24 heavy (non-hydrogen) atoms. The van der Waals surface area contributed by atoms with Gasteiger partial charge in [0, 0.05) is 19.1 Å². The third-order valence-corrected chi connectivity index (χ3v) is 4.20. The summed E-state index contributed by atoms with van der Waals surface area (Å²) in [6.07, 6.45) is 1.42. The third kappa shape index (κ3) is 3.45. The summed E-state index contributed by atoms with van der Waals surface area (Å²) >= 11 is 0. The Bertz CT molecular complexity index is 746. The molecule has 0 radical (unpaired) electrons. The topological polar surface area (TPSA) is 58.4 Å². The number of benzene rings is 2. The second-order valence-electron chi connectivity index (χ2n) is 5.78. The molecule has 1 aliphatic rings. The summed E-state index contributed by atoms with van der Waals surface area (Å²) in [5.41, 5.74) is 0.657. The van der Waals surface area contributed by atoms with Crippen LogP contribution >= 0.6 is 0 Å². The number of hydrogen-bond donors (Lipinski definition) is 1. The van der Waals surface area contributed by atoms with Crippen molar-refractivity contribution >= 4 is 17.1 Å². The van der Waals surface area contributed by atoms with E-state index < -0.39 is 10.7 Å². The first-order chi connectivity index (χ1) is 11.5. The molecule has 126 valence electrons. The van der Waals surface area contributed by atoms with Crippen molar-refractivity contribution < 1.29 is 13.7 Å². The number of nitrogens with zero attached hydrogens (tertiary/aromatic N) is 2. The van der Waals surface area contributed by atoms with E-state index in [1.165, 1.54) is 18.2 Å². The first-order valence-electron chi connectivity index (χ1n) is 7.74. The van der Waals surface area contributed by atoms with Crippen LogP contribution in [0.5, 0.6) is 0 Å². The van der Waals surface area contributed by atoms with Gasteiger partial charge in [0.05, 0.1) is 16.7 Å². The number of nitro benzene ring substituents is 1. The molecular weight excluding hydrogens is 316 g/mol. The summed E-state index contributed by atoms with van der Waals surface area (Å²) < 4.78 is 26.9. The zero-order valence-corrected chi connectivity index (χ0v) is 12.9. The van der Waals surface area contributed by atoms with Crippen molar-refractivity contribution in [2.24, 2.45) is 0 Å². The van der Waals surface area contributed by atoms with E-state index in [1.54, 1.807) is 18.2 Å². The lowest BCUT2D eigenvalue weighted by Crippen LogP contribution is -2.39. The van der Waals surface area contributed by atoms with E-state index in [1.807, 2.05) is 4.90 Å². The quantitative estimate of drug-likeness (QED) is 0.680. The van der Waals surface area contributed by atoms with Crippen molar-refractivity contribution in [2.75, 3.05) is 23.3 Å². The van der Waals surface area contributed by atoms with Crippen molar-refractivity contribution in [2.45, 2.75) is 18.9 Å². The smallest absolute Gasteiger partial charge is 0.295 e. The number of nitro groups is 1. The fourth-order valence-corrected chi connectivity index (χ4v) is 2.97. The molecule has 1 saturated heterocycles. The normalized spacial score (nSPS) is 15.3. The van der Waals surface area contributed by atoms with Gasteiger partial charge in [-0.25, -0.2) is 8.78 Å². The van der Waals surface area contributed by atoms with Crippen LogP contribution in [0.3, 0.4) is 0 Å². The summed E-state index contributed by atoms with van der Waals surface area (Å²) in [5.74, 6) is -0.921. The van der Waals surface area contributed by atoms with Crippen LogP contribution in [-0.2, 0) is 0 Å². The van der Waals surface area contributed by atoms with Crippen LogP contribution < -0.4 is 10.2 Å². The first kappa shape index (κ1) is 16.2. The van der Waals surface area contributed by atoms with Gasteiger partial charge in [-0.15, -0.1) is 0 Å². The van der Waals surface area contributed by atoms with Gasteiger partial charge in [0.2, 0.25) is 0 Å². The molecule has 0 aliphatic carbocycles. The maximum Gasteiger partial charge on any atom is 0.295 e. The molecule has 2 aromatic rings. The molecule has 1 aliphatic heterocycles. The summed E-state index contributed by atoms with van der Waals surface area (Å²) in [6.45, 7) is 1.16. The Kier molecular flexibility index (Phi) is 4.59. The molecule has 5 nitrogen and oxygen atoms in total. The fraction of sp³-hybridized carbons (Fsp3) is 0.294. The molecule has 3 rings (SSSR count). The van der Waals surface area contributed by atoms with Crippen molar-refractivity contribution in [3.05, 3.63) is 64.2 Å². The minimum absolute atomic E-state index is 0.0951. The molecule has 0 amide bonds. The predicted octanol–water partition coefficient (Wildman–Crippen LogP) is 3.95. The zero-order valence-electron chi connectivity index (χ0n) is 12.9. The predicted molar refractivity (Wildman–Crippen MR) is 88.3 cm³/mol. The maximum atomic E-state index is 13.7. The van der Waals surface area contributed by atoms with Crippen LogP contribution in [-0.4, -0.2) is 24.1 Å². The van der Waals surface area contributed by atoms with E-state index in [-0.39, 0.29) is 17.5 Å². The molecule has 0 unspecified atom stereocenters. The monoisotopic (exact) mass is 333 g/mol. The van der Waals surface area contributed by atoms with E-state index in [2.05, 4.69) is 5.32 Å². The molecule has 7 heteroatoms. The lowest BCUT2D eigenvalue weighted by atomic mass is 10.0. The van der Waals surface area contributed by atoms with Gasteiger partial charge in [0.25, 0.3) is 5.69 Å². The maximum absolute atomic E-state index is 13.7. The summed E-state index contributed by atoms with van der Waals surface area (Å²) in [7, 11) is 0. The van der Waals surface area contributed by atoms with Crippen LogP contribution in [0.25, 0.3) is 0 Å². The number of rotatable bonds is 4. The van der Waals surface area contributed by atoms with E-state index >= 15 is 0 Å². The molecular formula is C17H17F2N3O2. The SMILES string of the molecule is O=[N+]([O-])c1cc(F)ccc1N1CCC(Nc2ccccc2F)CC1. The van der Waals surface area contributed by atoms with Gasteiger partial charge in [-0.3, -0.25) is 10.1 Å². The second kappa shape index (κ2) is 6.82. The Hall–Kier alpha value is -2.70. The second-order valence-corrected chi connectivity index (χ2v) is 5.78. The molecule has 1 heterocycles. The Morgan fingerprint density at radius 2 is 1.83 bits per heavy atom. The molecule has 0 spiro atoms. The minimum Gasteiger partial charge on any atom is -0.380 e.